The predicted molar refractivity (Wildman–Crippen MR) is 140 cm³/mol. The first kappa shape index (κ1) is 27.0. The molecule has 2 aliphatic heterocycles. The largest absolute Gasteiger partial charge is 0.492 e. The van der Waals surface area contributed by atoms with Gasteiger partial charge in [0.1, 0.15) is 24.0 Å². The summed E-state index contributed by atoms with van der Waals surface area (Å²) in [5, 5.41) is 21.0. The van der Waals surface area contributed by atoms with Gasteiger partial charge in [0.25, 0.3) is 0 Å². The maximum atomic E-state index is 15.8. The highest BCUT2D eigenvalue weighted by molar-refractivity contribution is 5.85. The van der Waals surface area contributed by atoms with Crippen molar-refractivity contribution in [2.75, 3.05) is 39.5 Å². The molecule has 0 radical (unpaired) electrons. The molecule has 1 fully saturated rings. The van der Waals surface area contributed by atoms with E-state index in [4.69, 9.17) is 4.74 Å². The summed E-state index contributed by atoms with van der Waals surface area (Å²) in [7, 11) is 0. The van der Waals surface area contributed by atoms with E-state index in [0.29, 0.717) is 31.7 Å². The Labute approximate surface area is 221 Å². The highest BCUT2D eigenvalue weighted by Gasteiger charge is 2.42. The molecule has 0 saturated carbocycles. The molecule has 5 rings (SSSR count). The molecule has 2 aromatic carbocycles. The quantitative estimate of drug-likeness (QED) is 0.357. The Hall–Kier alpha value is -2.59. The molecule has 38 heavy (non-hydrogen) atoms. The molecule has 1 aromatic heterocycles. The lowest BCUT2D eigenvalue weighted by molar-refractivity contribution is -0.135. The standard InChI is InChI=1S/C29H36F3N3O3/c1-17-10-21-20-6-4-5-7-24(20)33-26(21)27(35(17)16-29(2,3)28(36)37)25-22(31)11-19(12-23(25)32)38-9-8-34-14-18(13-30)15-34/h4-7,11-12,17-18,27-28,33,36-37H,8-10,13-16H2,1-3H3/t17-,27+/m1/s1. The van der Waals surface area contributed by atoms with Crippen molar-refractivity contribution in [2.24, 2.45) is 11.3 Å². The molecular weight excluding hydrogens is 495 g/mol. The van der Waals surface area contributed by atoms with Gasteiger partial charge < -0.3 is 19.9 Å². The summed E-state index contributed by atoms with van der Waals surface area (Å²) in [5.41, 5.74) is 1.56. The minimum absolute atomic E-state index is 0.0662. The van der Waals surface area contributed by atoms with Crippen LogP contribution in [0.2, 0.25) is 0 Å². The number of likely N-dealkylation sites (tertiary alicyclic amines) is 1. The molecule has 9 heteroatoms. The summed E-state index contributed by atoms with van der Waals surface area (Å²) >= 11 is 0. The second-order valence-corrected chi connectivity index (χ2v) is 11.5. The molecule has 3 heterocycles. The van der Waals surface area contributed by atoms with Gasteiger partial charge in [0, 0.05) is 77.8 Å². The number of rotatable bonds is 9. The molecule has 206 valence electrons. The number of hydrogen-bond donors (Lipinski definition) is 3. The number of aromatic amines is 1. The fraction of sp³-hybridized carbons (Fsp3) is 0.517. The minimum Gasteiger partial charge on any atom is -0.492 e. The van der Waals surface area contributed by atoms with Crippen LogP contribution in [0.3, 0.4) is 0 Å². The lowest BCUT2D eigenvalue weighted by Gasteiger charge is -2.45. The average molecular weight is 532 g/mol. The van der Waals surface area contributed by atoms with E-state index in [-0.39, 0.29) is 43.1 Å². The molecule has 2 atom stereocenters. The number of ether oxygens (including phenoxy) is 1. The second-order valence-electron chi connectivity index (χ2n) is 11.5. The first-order valence-electron chi connectivity index (χ1n) is 13.2. The third kappa shape index (κ3) is 5.04. The van der Waals surface area contributed by atoms with Crippen LogP contribution in [0, 0.1) is 23.0 Å². The first-order chi connectivity index (χ1) is 18.1. The Morgan fingerprint density at radius 1 is 1.13 bits per heavy atom. The summed E-state index contributed by atoms with van der Waals surface area (Å²) in [6.07, 6.45) is -0.950. The normalized spacial score (nSPS) is 21.2. The van der Waals surface area contributed by atoms with Gasteiger partial charge in [-0.15, -0.1) is 0 Å². The Balaban J connectivity index is 1.48. The van der Waals surface area contributed by atoms with E-state index in [2.05, 4.69) is 4.98 Å². The van der Waals surface area contributed by atoms with Crippen molar-refractivity contribution in [1.82, 2.24) is 14.8 Å². The number of aliphatic hydroxyl groups is 2. The molecule has 0 bridgehead atoms. The van der Waals surface area contributed by atoms with Crippen LogP contribution in [-0.4, -0.2) is 76.8 Å². The topological polar surface area (TPSA) is 72.0 Å². The molecule has 0 amide bonds. The highest BCUT2D eigenvalue weighted by Crippen LogP contribution is 2.44. The van der Waals surface area contributed by atoms with Crippen molar-refractivity contribution in [2.45, 2.75) is 45.6 Å². The average Bonchev–Trinajstić information content (AvgIpc) is 3.19. The highest BCUT2D eigenvalue weighted by atomic mass is 19.1. The van der Waals surface area contributed by atoms with E-state index in [0.717, 1.165) is 16.5 Å². The Bertz CT molecular complexity index is 1270. The number of H-pyrrole nitrogens is 1. The van der Waals surface area contributed by atoms with Gasteiger partial charge in [-0.05, 0) is 25.0 Å². The minimum atomic E-state index is -1.60. The fourth-order valence-electron chi connectivity index (χ4n) is 5.77. The number of fused-ring (bicyclic) bond motifs is 3. The fourth-order valence-corrected chi connectivity index (χ4v) is 5.77. The van der Waals surface area contributed by atoms with E-state index in [1.165, 1.54) is 12.1 Å². The summed E-state index contributed by atoms with van der Waals surface area (Å²) in [6.45, 7) is 7.46. The number of aliphatic hydroxyl groups excluding tert-OH is 1. The maximum absolute atomic E-state index is 15.8. The first-order valence-corrected chi connectivity index (χ1v) is 13.2. The van der Waals surface area contributed by atoms with Gasteiger partial charge in [-0.25, -0.2) is 8.78 Å². The third-order valence-electron chi connectivity index (χ3n) is 8.06. The Kier molecular flexibility index (Phi) is 7.48. The lowest BCUT2D eigenvalue weighted by atomic mass is 9.84. The van der Waals surface area contributed by atoms with E-state index in [1.54, 1.807) is 13.8 Å². The lowest BCUT2D eigenvalue weighted by Crippen LogP contribution is -2.50. The van der Waals surface area contributed by atoms with E-state index in [1.807, 2.05) is 41.0 Å². The van der Waals surface area contributed by atoms with Crippen molar-refractivity contribution in [3.05, 3.63) is 64.9 Å². The number of alkyl halides is 1. The van der Waals surface area contributed by atoms with Crippen LogP contribution in [0.4, 0.5) is 13.2 Å². The smallest absolute Gasteiger partial charge is 0.157 e. The van der Waals surface area contributed by atoms with Gasteiger partial charge in [-0.3, -0.25) is 14.2 Å². The molecule has 3 N–H and O–H groups in total. The van der Waals surface area contributed by atoms with Gasteiger partial charge in [-0.2, -0.15) is 0 Å². The van der Waals surface area contributed by atoms with Crippen LogP contribution < -0.4 is 4.74 Å². The molecule has 1 saturated heterocycles. The number of benzene rings is 2. The number of nitrogens with zero attached hydrogens (tertiary/aromatic N) is 2. The summed E-state index contributed by atoms with van der Waals surface area (Å²) in [5.74, 6) is -1.28. The van der Waals surface area contributed by atoms with Crippen LogP contribution in [0.25, 0.3) is 10.9 Å². The van der Waals surface area contributed by atoms with E-state index in [9.17, 15) is 14.6 Å². The molecule has 0 aliphatic carbocycles. The van der Waals surface area contributed by atoms with Gasteiger partial charge in [0.15, 0.2) is 6.29 Å². The van der Waals surface area contributed by atoms with Crippen molar-refractivity contribution in [1.29, 1.82) is 0 Å². The van der Waals surface area contributed by atoms with Crippen LogP contribution in [0.1, 0.15) is 43.6 Å². The predicted octanol–water partition coefficient (Wildman–Crippen LogP) is 4.40. The van der Waals surface area contributed by atoms with Crippen LogP contribution in [0.15, 0.2) is 36.4 Å². The van der Waals surface area contributed by atoms with Crippen molar-refractivity contribution < 1.29 is 28.1 Å². The van der Waals surface area contributed by atoms with Crippen LogP contribution >= 0.6 is 0 Å². The number of nitrogens with one attached hydrogen (secondary N) is 1. The molecule has 0 unspecified atom stereocenters. The molecule has 6 nitrogen and oxygen atoms in total. The second kappa shape index (κ2) is 10.5. The third-order valence-corrected chi connectivity index (χ3v) is 8.06. The van der Waals surface area contributed by atoms with Gasteiger partial charge in [-0.1, -0.05) is 32.0 Å². The van der Waals surface area contributed by atoms with Gasteiger partial charge in [0.05, 0.1) is 12.7 Å². The van der Waals surface area contributed by atoms with Crippen LogP contribution in [-0.2, 0) is 6.42 Å². The Morgan fingerprint density at radius 3 is 2.47 bits per heavy atom. The molecule has 2 aliphatic rings. The Morgan fingerprint density at radius 2 is 1.82 bits per heavy atom. The van der Waals surface area contributed by atoms with E-state index < -0.39 is 29.4 Å². The van der Waals surface area contributed by atoms with Crippen molar-refractivity contribution in [3.63, 3.8) is 0 Å². The summed E-state index contributed by atoms with van der Waals surface area (Å²) in [4.78, 5) is 7.40. The zero-order valence-electron chi connectivity index (χ0n) is 22.1. The molecule has 3 aromatic rings. The number of halogens is 3. The number of para-hydroxylation sites is 1. The molecular formula is C29H36F3N3O3. The summed E-state index contributed by atoms with van der Waals surface area (Å²) in [6, 6.07) is 9.31. The zero-order valence-corrected chi connectivity index (χ0v) is 22.1. The van der Waals surface area contributed by atoms with Gasteiger partial charge in [0.2, 0.25) is 0 Å². The SMILES string of the molecule is C[C@@H]1Cc2c([nH]c3ccccc23)[C@H](c2c(F)cc(OCCN3CC(CF)C3)cc2F)N1CC(C)(C)C(O)O. The zero-order chi connectivity index (χ0) is 27.2. The number of hydrogen-bond acceptors (Lipinski definition) is 5. The molecule has 0 spiro atoms. The summed E-state index contributed by atoms with van der Waals surface area (Å²) < 4.78 is 49.9. The van der Waals surface area contributed by atoms with Crippen molar-refractivity contribution >= 4 is 10.9 Å². The maximum Gasteiger partial charge on any atom is 0.157 e. The monoisotopic (exact) mass is 531 g/mol. The van der Waals surface area contributed by atoms with E-state index >= 15 is 8.78 Å². The number of aromatic nitrogens is 1. The van der Waals surface area contributed by atoms with Crippen molar-refractivity contribution in [3.8, 4) is 5.75 Å². The van der Waals surface area contributed by atoms with Gasteiger partial charge >= 0.3 is 0 Å². The van der Waals surface area contributed by atoms with Crippen LogP contribution in [0.5, 0.6) is 5.75 Å².